The Balaban J connectivity index is 2.08. The summed E-state index contributed by atoms with van der Waals surface area (Å²) in [6, 6.07) is 0. The van der Waals surface area contributed by atoms with E-state index in [4.69, 9.17) is 14.2 Å². The van der Waals surface area contributed by atoms with Crippen LogP contribution in [0.15, 0.2) is 11.8 Å². The number of rotatable bonds is 1. The molecular weight excluding hydrogens is 212 g/mol. The molecule has 5 heteroatoms. The van der Waals surface area contributed by atoms with Crippen LogP contribution in [-0.4, -0.2) is 30.8 Å². The molecular formula is C11H14O5. The molecule has 16 heavy (non-hydrogen) atoms. The number of ether oxygens (including phenoxy) is 3. The zero-order valence-electron chi connectivity index (χ0n) is 9.15. The molecule has 1 spiro atoms. The minimum atomic E-state index is -0.667. The maximum absolute atomic E-state index is 11.6. The normalized spacial score (nSPS) is 26.3. The third-order valence-electron chi connectivity index (χ3n) is 2.73. The van der Waals surface area contributed by atoms with Crippen LogP contribution in [0, 0.1) is 0 Å². The van der Waals surface area contributed by atoms with E-state index in [0.717, 1.165) is 0 Å². The van der Waals surface area contributed by atoms with E-state index < -0.39 is 11.8 Å². The molecule has 0 N–H and O–H groups in total. The van der Waals surface area contributed by atoms with E-state index in [0.29, 0.717) is 38.0 Å². The minimum absolute atomic E-state index is 0.00836. The lowest BCUT2D eigenvalue weighted by atomic mass is 9.89. The Labute approximate surface area is 93.4 Å². The standard InChI is InChI=1S/C11H14O5/c1-8(12)14-7-9-6-11(3-2-10(9)13)15-4-5-16-11/h7H,2-6H2,1H3/b9-7+. The maximum Gasteiger partial charge on any atom is 0.307 e. The second-order valence-corrected chi connectivity index (χ2v) is 3.96. The molecule has 5 nitrogen and oxygen atoms in total. The van der Waals surface area contributed by atoms with Gasteiger partial charge in [-0.1, -0.05) is 0 Å². The van der Waals surface area contributed by atoms with E-state index in [1.165, 1.54) is 13.2 Å². The number of carbonyl (C=O) groups excluding carboxylic acids is 2. The lowest BCUT2D eigenvalue weighted by Gasteiger charge is -2.31. The van der Waals surface area contributed by atoms with Crippen LogP contribution in [0.4, 0.5) is 0 Å². The topological polar surface area (TPSA) is 61.8 Å². The lowest BCUT2D eigenvalue weighted by Crippen LogP contribution is -2.36. The van der Waals surface area contributed by atoms with E-state index in [9.17, 15) is 9.59 Å². The molecule has 0 atom stereocenters. The first-order valence-corrected chi connectivity index (χ1v) is 5.29. The summed E-state index contributed by atoms with van der Waals surface area (Å²) < 4.78 is 15.7. The quantitative estimate of drug-likeness (QED) is 0.378. The average molecular weight is 226 g/mol. The number of Topliss-reactive ketones (excluding diaryl/α,β-unsaturated/α-hetero) is 1. The van der Waals surface area contributed by atoms with Gasteiger partial charge in [0.25, 0.3) is 0 Å². The molecule has 1 aliphatic heterocycles. The SMILES string of the molecule is CC(=O)O/C=C1\CC2(CCC1=O)OCCO2. The Morgan fingerprint density at radius 1 is 1.44 bits per heavy atom. The molecule has 1 saturated heterocycles. The van der Waals surface area contributed by atoms with E-state index >= 15 is 0 Å². The summed E-state index contributed by atoms with van der Waals surface area (Å²) >= 11 is 0. The van der Waals surface area contributed by atoms with Gasteiger partial charge in [-0.25, -0.2) is 0 Å². The predicted octanol–water partition coefficient (Wildman–Crippen LogP) is 0.929. The van der Waals surface area contributed by atoms with Crippen LogP contribution < -0.4 is 0 Å². The molecule has 1 saturated carbocycles. The van der Waals surface area contributed by atoms with Gasteiger partial charge in [0.05, 0.1) is 13.2 Å². The largest absolute Gasteiger partial charge is 0.434 e. The van der Waals surface area contributed by atoms with Gasteiger partial charge in [-0.2, -0.15) is 0 Å². The van der Waals surface area contributed by atoms with Gasteiger partial charge in [-0.15, -0.1) is 0 Å². The molecule has 1 aliphatic carbocycles. The van der Waals surface area contributed by atoms with Crippen molar-refractivity contribution in [3.05, 3.63) is 11.8 Å². The van der Waals surface area contributed by atoms with Crippen molar-refractivity contribution in [1.29, 1.82) is 0 Å². The second-order valence-electron chi connectivity index (χ2n) is 3.96. The molecule has 0 aromatic carbocycles. The first-order chi connectivity index (χ1) is 7.61. The van der Waals surface area contributed by atoms with Gasteiger partial charge in [-0.05, 0) is 0 Å². The molecule has 0 radical (unpaired) electrons. The van der Waals surface area contributed by atoms with Crippen molar-refractivity contribution < 1.29 is 23.8 Å². The van der Waals surface area contributed by atoms with Crippen molar-refractivity contribution in [1.82, 2.24) is 0 Å². The number of esters is 1. The highest BCUT2D eigenvalue weighted by molar-refractivity contribution is 5.96. The Hall–Kier alpha value is -1.20. The van der Waals surface area contributed by atoms with Crippen LogP contribution in [0.2, 0.25) is 0 Å². The Bertz CT molecular complexity index is 338. The highest BCUT2D eigenvalue weighted by Gasteiger charge is 2.42. The van der Waals surface area contributed by atoms with E-state index in [1.807, 2.05) is 0 Å². The summed E-state index contributed by atoms with van der Waals surface area (Å²) in [6.45, 7) is 2.40. The third-order valence-corrected chi connectivity index (χ3v) is 2.73. The van der Waals surface area contributed by atoms with Gasteiger partial charge in [0.15, 0.2) is 11.6 Å². The summed E-state index contributed by atoms with van der Waals surface area (Å²) in [6.07, 6.45) is 2.52. The monoisotopic (exact) mass is 226 g/mol. The van der Waals surface area contributed by atoms with Crippen LogP contribution in [0.25, 0.3) is 0 Å². The van der Waals surface area contributed by atoms with Crippen LogP contribution in [-0.2, 0) is 23.8 Å². The molecule has 2 rings (SSSR count). The van der Waals surface area contributed by atoms with Crippen molar-refractivity contribution in [2.75, 3.05) is 13.2 Å². The molecule has 2 aliphatic rings. The van der Waals surface area contributed by atoms with Crippen LogP contribution in [0.5, 0.6) is 0 Å². The summed E-state index contributed by atoms with van der Waals surface area (Å²) in [5, 5.41) is 0. The third kappa shape index (κ3) is 2.31. The molecule has 2 fully saturated rings. The molecule has 88 valence electrons. The van der Waals surface area contributed by atoms with Crippen molar-refractivity contribution in [3.63, 3.8) is 0 Å². The first kappa shape index (κ1) is 11.3. The van der Waals surface area contributed by atoms with Crippen LogP contribution in [0.1, 0.15) is 26.2 Å². The van der Waals surface area contributed by atoms with Crippen molar-refractivity contribution in [2.45, 2.75) is 32.0 Å². The van der Waals surface area contributed by atoms with E-state index in [2.05, 4.69) is 0 Å². The molecule has 0 amide bonds. The van der Waals surface area contributed by atoms with Gasteiger partial charge >= 0.3 is 5.97 Å². The molecule has 0 aromatic rings. The first-order valence-electron chi connectivity index (χ1n) is 5.29. The number of hydrogen-bond acceptors (Lipinski definition) is 5. The van der Waals surface area contributed by atoms with Gasteiger partial charge in [0.1, 0.15) is 6.26 Å². The highest BCUT2D eigenvalue weighted by Crippen LogP contribution is 2.36. The number of hydrogen-bond donors (Lipinski definition) is 0. The highest BCUT2D eigenvalue weighted by atomic mass is 16.7. The fraction of sp³-hybridized carbons (Fsp3) is 0.636. The molecule has 0 aromatic heterocycles. The summed E-state index contributed by atoms with van der Waals surface area (Å²) in [4.78, 5) is 22.2. The predicted molar refractivity (Wildman–Crippen MR) is 53.3 cm³/mol. The average Bonchev–Trinajstić information content (AvgIpc) is 2.68. The summed E-state index contributed by atoms with van der Waals surface area (Å²) in [5.41, 5.74) is 0.461. The Morgan fingerprint density at radius 2 is 2.12 bits per heavy atom. The van der Waals surface area contributed by atoms with Gasteiger partial charge in [-0.3, -0.25) is 9.59 Å². The van der Waals surface area contributed by atoms with Crippen molar-refractivity contribution in [3.8, 4) is 0 Å². The molecule has 0 bridgehead atoms. The smallest absolute Gasteiger partial charge is 0.307 e. The summed E-state index contributed by atoms with van der Waals surface area (Å²) in [7, 11) is 0. The van der Waals surface area contributed by atoms with Gasteiger partial charge in [0, 0.05) is 31.8 Å². The van der Waals surface area contributed by atoms with Gasteiger partial charge < -0.3 is 14.2 Å². The van der Waals surface area contributed by atoms with Crippen LogP contribution >= 0.6 is 0 Å². The number of ketones is 1. The minimum Gasteiger partial charge on any atom is -0.434 e. The molecule has 0 unspecified atom stereocenters. The van der Waals surface area contributed by atoms with E-state index in [1.54, 1.807) is 0 Å². The number of carbonyl (C=O) groups is 2. The fourth-order valence-corrected chi connectivity index (χ4v) is 1.95. The second kappa shape index (κ2) is 4.35. The van der Waals surface area contributed by atoms with Crippen molar-refractivity contribution in [2.24, 2.45) is 0 Å². The summed E-state index contributed by atoms with van der Waals surface area (Å²) in [5.74, 6) is -1.11. The van der Waals surface area contributed by atoms with Gasteiger partial charge in [0.2, 0.25) is 0 Å². The Kier molecular flexibility index (Phi) is 3.07. The van der Waals surface area contributed by atoms with E-state index in [-0.39, 0.29) is 5.78 Å². The maximum atomic E-state index is 11.6. The fourth-order valence-electron chi connectivity index (χ4n) is 1.95. The van der Waals surface area contributed by atoms with Crippen molar-refractivity contribution >= 4 is 11.8 Å². The van der Waals surface area contributed by atoms with Crippen LogP contribution in [0.3, 0.4) is 0 Å². The lowest BCUT2D eigenvalue weighted by molar-refractivity contribution is -0.171. The zero-order chi connectivity index (χ0) is 11.6. The zero-order valence-corrected chi connectivity index (χ0v) is 9.15. The molecule has 1 heterocycles. The Morgan fingerprint density at radius 3 is 2.75 bits per heavy atom.